The average Bonchev–Trinajstić information content (AvgIpc) is 2.87. The van der Waals surface area contributed by atoms with Crippen LogP contribution >= 0.6 is 11.3 Å². The highest BCUT2D eigenvalue weighted by molar-refractivity contribution is 7.10. The van der Waals surface area contributed by atoms with Gasteiger partial charge in [-0.15, -0.1) is 11.3 Å². The van der Waals surface area contributed by atoms with Gasteiger partial charge in [0.1, 0.15) is 17.6 Å². The van der Waals surface area contributed by atoms with Gasteiger partial charge in [0.25, 0.3) is 0 Å². The maximum atomic E-state index is 10.3. The molecule has 1 heterocycles. The fourth-order valence-corrected chi connectivity index (χ4v) is 2.61. The normalized spacial score (nSPS) is 12.2. The van der Waals surface area contributed by atoms with Crippen LogP contribution in [0.25, 0.3) is 0 Å². The van der Waals surface area contributed by atoms with Gasteiger partial charge in [-0.1, -0.05) is 12.1 Å². The molecule has 4 heteroatoms. The number of hydrogen-bond donors (Lipinski definition) is 1. The Bertz CT molecular complexity index is 490. The Kier molecular flexibility index (Phi) is 4.23. The van der Waals surface area contributed by atoms with Crippen LogP contribution in [0.3, 0.4) is 0 Å². The molecule has 0 spiro atoms. The van der Waals surface area contributed by atoms with Crippen molar-refractivity contribution in [3.63, 3.8) is 0 Å². The molecular weight excluding hydrogens is 248 g/mol. The van der Waals surface area contributed by atoms with Gasteiger partial charge in [-0.3, -0.25) is 0 Å². The number of aliphatic hydroxyl groups is 1. The number of rotatable bonds is 5. The molecule has 0 saturated heterocycles. The number of ether oxygens (including phenoxy) is 2. The standard InChI is InChI=1S/C14H16O3S/c1-3-17-11-6-4-10(5-7-11)13(15)14-12(16-2)8-9-18-14/h4-9,13,15H,3H2,1-2H3. The summed E-state index contributed by atoms with van der Waals surface area (Å²) in [6.07, 6.45) is -0.657. The van der Waals surface area contributed by atoms with Crippen molar-refractivity contribution >= 4 is 11.3 Å². The minimum absolute atomic E-state index is 0.640. The lowest BCUT2D eigenvalue weighted by Gasteiger charge is -2.12. The molecule has 0 bridgehead atoms. The van der Waals surface area contributed by atoms with Gasteiger partial charge in [-0.2, -0.15) is 0 Å². The highest BCUT2D eigenvalue weighted by atomic mass is 32.1. The highest BCUT2D eigenvalue weighted by Gasteiger charge is 2.16. The molecule has 2 rings (SSSR count). The average molecular weight is 264 g/mol. The van der Waals surface area contributed by atoms with Crippen LogP contribution in [0.1, 0.15) is 23.5 Å². The van der Waals surface area contributed by atoms with Gasteiger partial charge in [0.2, 0.25) is 0 Å². The molecule has 1 N–H and O–H groups in total. The molecule has 0 radical (unpaired) electrons. The van der Waals surface area contributed by atoms with E-state index in [1.54, 1.807) is 7.11 Å². The van der Waals surface area contributed by atoms with Crippen LogP contribution in [0.2, 0.25) is 0 Å². The molecule has 2 aromatic rings. The number of methoxy groups -OCH3 is 1. The first-order valence-electron chi connectivity index (χ1n) is 5.78. The van der Waals surface area contributed by atoms with Gasteiger partial charge in [0, 0.05) is 0 Å². The third kappa shape index (κ3) is 2.66. The molecule has 1 atom stereocenters. The maximum absolute atomic E-state index is 10.3. The first kappa shape index (κ1) is 12.9. The number of benzene rings is 1. The lowest BCUT2D eigenvalue weighted by Crippen LogP contribution is -1.99. The summed E-state index contributed by atoms with van der Waals surface area (Å²) in [7, 11) is 1.61. The van der Waals surface area contributed by atoms with E-state index in [2.05, 4.69) is 0 Å². The monoisotopic (exact) mass is 264 g/mol. The van der Waals surface area contributed by atoms with Crippen molar-refractivity contribution in [1.29, 1.82) is 0 Å². The molecular formula is C14H16O3S. The summed E-state index contributed by atoms with van der Waals surface area (Å²) in [5.74, 6) is 1.54. The Morgan fingerprint density at radius 1 is 1.22 bits per heavy atom. The molecule has 0 fully saturated rings. The van der Waals surface area contributed by atoms with E-state index in [1.807, 2.05) is 42.6 Å². The summed E-state index contributed by atoms with van der Waals surface area (Å²) in [5.41, 5.74) is 0.833. The third-order valence-corrected chi connectivity index (χ3v) is 3.58. The van der Waals surface area contributed by atoms with Gasteiger partial charge in [-0.05, 0) is 36.1 Å². The predicted octanol–water partition coefficient (Wildman–Crippen LogP) is 3.24. The quantitative estimate of drug-likeness (QED) is 0.901. The first-order valence-corrected chi connectivity index (χ1v) is 6.66. The maximum Gasteiger partial charge on any atom is 0.135 e. The molecule has 1 unspecified atom stereocenters. The second-order valence-electron chi connectivity index (χ2n) is 3.76. The highest BCUT2D eigenvalue weighted by Crippen LogP contribution is 2.34. The van der Waals surface area contributed by atoms with E-state index >= 15 is 0 Å². The predicted molar refractivity (Wildman–Crippen MR) is 72.5 cm³/mol. The molecule has 0 saturated carbocycles. The summed E-state index contributed by atoms with van der Waals surface area (Å²) in [6.45, 7) is 2.58. The van der Waals surface area contributed by atoms with Crippen LogP contribution < -0.4 is 9.47 Å². The molecule has 1 aromatic carbocycles. The SMILES string of the molecule is CCOc1ccc(C(O)c2sccc2OC)cc1. The Labute approximate surface area is 111 Å². The van der Waals surface area contributed by atoms with E-state index < -0.39 is 6.10 Å². The van der Waals surface area contributed by atoms with E-state index in [9.17, 15) is 5.11 Å². The van der Waals surface area contributed by atoms with Crippen LogP contribution in [0.5, 0.6) is 11.5 Å². The van der Waals surface area contributed by atoms with Gasteiger partial charge >= 0.3 is 0 Å². The molecule has 0 aliphatic heterocycles. The van der Waals surface area contributed by atoms with Crippen molar-refractivity contribution in [2.75, 3.05) is 13.7 Å². The Hall–Kier alpha value is -1.52. The summed E-state index contributed by atoms with van der Waals surface area (Å²) < 4.78 is 10.6. The first-order chi connectivity index (χ1) is 8.76. The molecule has 96 valence electrons. The summed E-state index contributed by atoms with van der Waals surface area (Å²) in [6, 6.07) is 9.33. The molecule has 0 aliphatic carbocycles. The number of thiophene rings is 1. The third-order valence-electron chi connectivity index (χ3n) is 2.63. The summed E-state index contributed by atoms with van der Waals surface area (Å²) >= 11 is 1.49. The van der Waals surface area contributed by atoms with Crippen molar-refractivity contribution < 1.29 is 14.6 Å². The van der Waals surface area contributed by atoms with E-state index in [1.165, 1.54) is 11.3 Å². The fourth-order valence-electron chi connectivity index (χ4n) is 1.74. The summed E-state index contributed by atoms with van der Waals surface area (Å²) in [4.78, 5) is 0.821. The van der Waals surface area contributed by atoms with Crippen LogP contribution in [0.15, 0.2) is 35.7 Å². The largest absolute Gasteiger partial charge is 0.495 e. The molecule has 18 heavy (non-hydrogen) atoms. The zero-order chi connectivity index (χ0) is 13.0. The van der Waals surface area contributed by atoms with Gasteiger partial charge in [-0.25, -0.2) is 0 Å². The molecule has 1 aromatic heterocycles. The molecule has 0 amide bonds. The number of hydrogen-bond acceptors (Lipinski definition) is 4. The van der Waals surface area contributed by atoms with Gasteiger partial charge in [0.15, 0.2) is 0 Å². The van der Waals surface area contributed by atoms with Crippen molar-refractivity contribution in [3.05, 3.63) is 46.2 Å². The Morgan fingerprint density at radius 3 is 2.56 bits per heavy atom. The second-order valence-corrected chi connectivity index (χ2v) is 4.71. The van der Waals surface area contributed by atoms with E-state index in [-0.39, 0.29) is 0 Å². The number of aliphatic hydroxyl groups excluding tert-OH is 1. The Morgan fingerprint density at radius 2 is 1.94 bits per heavy atom. The zero-order valence-corrected chi connectivity index (χ0v) is 11.2. The van der Waals surface area contributed by atoms with Crippen molar-refractivity contribution in [3.8, 4) is 11.5 Å². The van der Waals surface area contributed by atoms with Crippen LogP contribution in [-0.4, -0.2) is 18.8 Å². The van der Waals surface area contributed by atoms with Crippen molar-refractivity contribution in [1.82, 2.24) is 0 Å². The lowest BCUT2D eigenvalue weighted by atomic mass is 10.1. The van der Waals surface area contributed by atoms with Crippen LogP contribution in [0.4, 0.5) is 0 Å². The minimum Gasteiger partial charge on any atom is -0.495 e. The van der Waals surface area contributed by atoms with Crippen LogP contribution in [-0.2, 0) is 0 Å². The summed E-state index contributed by atoms with van der Waals surface area (Å²) in [5, 5.41) is 12.2. The minimum atomic E-state index is -0.657. The van der Waals surface area contributed by atoms with Gasteiger partial charge in [0.05, 0.1) is 18.6 Å². The van der Waals surface area contributed by atoms with E-state index in [0.29, 0.717) is 6.61 Å². The fraction of sp³-hybridized carbons (Fsp3) is 0.286. The van der Waals surface area contributed by atoms with Crippen LogP contribution in [0, 0.1) is 0 Å². The molecule has 3 nitrogen and oxygen atoms in total. The van der Waals surface area contributed by atoms with E-state index in [4.69, 9.17) is 9.47 Å². The second kappa shape index (κ2) is 5.89. The van der Waals surface area contributed by atoms with Crippen molar-refractivity contribution in [2.45, 2.75) is 13.0 Å². The lowest BCUT2D eigenvalue weighted by molar-refractivity contribution is 0.219. The van der Waals surface area contributed by atoms with E-state index in [0.717, 1.165) is 21.9 Å². The zero-order valence-electron chi connectivity index (χ0n) is 10.4. The smallest absolute Gasteiger partial charge is 0.135 e. The van der Waals surface area contributed by atoms with Crippen molar-refractivity contribution in [2.24, 2.45) is 0 Å². The Balaban J connectivity index is 2.20. The molecule has 0 aliphatic rings. The topological polar surface area (TPSA) is 38.7 Å². The van der Waals surface area contributed by atoms with Gasteiger partial charge < -0.3 is 14.6 Å².